The second-order valence-corrected chi connectivity index (χ2v) is 6.88. The van der Waals surface area contributed by atoms with Gasteiger partial charge in [0, 0.05) is 22.8 Å². The standard InChI is InChI=1S/C16H12ClN3O4S/c1-9(15(21)18-11-3-2-4-12(8-11)20(22)23)25-16-19-13-7-10(17)5-6-14(13)24-16/h2-9H,1H3,(H,18,21). The van der Waals surface area contributed by atoms with Crippen molar-refractivity contribution in [1.82, 2.24) is 4.98 Å². The maximum Gasteiger partial charge on any atom is 0.271 e. The van der Waals surface area contributed by atoms with Gasteiger partial charge in [0.2, 0.25) is 5.91 Å². The minimum Gasteiger partial charge on any atom is -0.431 e. The van der Waals surface area contributed by atoms with Crippen LogP contribution in [0.4, 0.5) is 11.4 Å². The van der Waals surface area contributed by atoms with Crippen molar-refractivity contribution in [3.8, 4) is 0 Å². The number of nitrogens with one attached hydrogen (secondary N) is 1. The zero-order valence-electron chi connectivity index (χ0n) is 12.9. The van der Waals surface area contributed by atoms with Crippen LogP contribution in [0.25, 0.3) is 11.1 Å². The maximum absolute atomic E-state index is 12.3. The van der Waals surface area contributed by atoms with E-state index in [2.05, 4.69) is 10.3 Å². The number of non-ortho nitro benzene ring substituents is 1. The lowest BCUT2D eigenvalue weighted by atomic mass is 10.2. The highest BCUT2D eigenvalue weighted by atomic mass is 35.5. The summed E-state index contributed by atoms with van der Waals surface area (Å²) in [7, 11) is 0. The zero-order valence-corrected chi connectivity index (χ0v) is 14.5. The number of halogens is 1. The summed E-state index contributed by atoms with van der Waals surface area (Å²) in [6.45, 7) is 1.69. The van der Waals surface area contributed by atoms with E-state index in [9.17, 15) is 14.9 Å². The molecule has 0 radical (unpaired) electrons. The fraction of sp³-hybridized carbons (Fsp3) is 0.125. The van der Waals surface area contributed by atoms with E-state index < -0.39 is 10.2 Å². The molecule has 0 bridgehead atoms. The van der Waals surface area contributed by atoms with Gasteiger partial charge >= 0.3 is 0 Å². The highest BCUT2D eigenvalue weighted by molar-refractivity contribution is 8.00. The first-order chi connectivity index (χ1) is 11.9. The van der Waals surface area contributed by atoms with Crippen LogP contribution in [0.2, 0.25) is 5.02 Å². The predicted molar refractivity (Wildman–Crippen MR) is 96.1 cm³/mol. The van der Waals surface area contributed by atoms with E-state index in [-0.39, 0.29) is 11.6 Å². The number of anilines is 1. The number of hydrogen-bond acceptors (Lipinski definition) is 6. The molecule has 25 heavy (non-hydrogen) atoms. The number of hydrogen-bond donors (Lipinski definition) is 1. The number of nitro groups is 1. The Morgan fingerprint density at radius 1 is 1.36 bits per heavy atom. The normalized spacial score (nSPS) is 12.1. The summed E-state index contributed by atoms with van der Waals surface area (Å²) in [5, 5.41) is 13.8. The molecule has 1 amide bonds. The Balaban J connectivity index is 1.69. The Hall–Kier alpha value is -2.58. The lowest BCUT2D eigenvalue weighted by molar-refractivity contribution is -0.384. The van der Waals surface area contributed by atoms with Gasteiger partial charge in [0.05, 0.1) is 10.2 Å². The van der Waals surface area contributed by atoms with Crippen LogP contribution in [0.3, 0.4) is 0 Å². The lowest BCUT2D eigenvalue weighted by Gasteiger charge is -2.09. The second-order valence-electron chi connectivity index (χ2n) is 5.15. The molecule has 1 unspecified atom stereocenters. The van der Waals surface area contributed by atoms with E-state index in [1.54, 1.807) is 31.2 Å². The van der Waals surface area contributed by atoms with Gasteiger partial charge in [-0.25, -0.2) is 4.98 Å². The molecule has 0 saturated heterocycles. The largest absolute Gasteiger partial charge is 0.431 e. The molecule has 3 aromatic rings. The molecule has 1 atom stereocenters. The predicted octanol–water partition coefficient (Wildman–Crippen LogP) is 4.51. The van der Waals surface area contributed by atoms with Crippen molar-refractivity contribution in [2.24, 2.45) is 0 Å². The van der Waals surface area contributed by atoms with E-state index in [0.29, 0.717) is 27.0 Å². The second kappa shape index (κ2) is 7.12. The first-order valence-electron chi connectivity index (χ1n) is 7.20. The van der Waals surface area contributed by atoms with Crippen LogP contribution in [0.5, 0.6) is 0 Å². The summed E-state index contributed by atoms with van der Waals surface area (Å²) in [6.07, 6.45) is 0. The fourth-order valence-corrected chi connectivity index (χ4v) is 3.00. The summed E-state index contributed by atoms with van der Waals surface area (Å²) in [5.74, 6) is -0.314. The Morgan fingerprint density at radius 3 is 2.92 bits per heavy atom. The number of oxazole rings is 1. The first-order valence-corrected chi connectivity index (χ1v) is 8.46. The van der Waals surface area contributed by atoms with Gasteiger partial charge in [-0.3, -0.25) is 14.9 Å². The average Bonchev–Trinajstić information content (AvgIpc) is 2.96. The Bertz CT molecular complexity index is 959. The molecule has 0 aliphatic carbocycles. The number of carbonyl (C=O) groups excluding carboxylic acids is 1. The van der Waals surface area contributed by atoms with Crippen LogP contribution in [0.15, 0.2) is 52.1 Å². The highest BCUT2D eigenvalue weighted by Gasteiger charge is 2.19. The number of rotatable bonds is 5. The molecular formula is C16H12ClN3O4S. The quantitative estimate of drug-likeness (QED) is 0.399. The zero-order chi connectivity index (χ0) is 18.0. The Labute approximate surface area is 151 Å². The van der Waals surface area contributed by atoms with Gasteiger partial charge in [-0.15, -0.1) is 0 Å². The van der Waals surface area contributed by atoms with Crippen molar-refractivity contribution in [3.05, 3.63) is 57.6 Å². The molecule has 1 aromatic heterocycles. The smallest absolute Gasteiger partial charge is 0.271 e. The van der Waals surface area contributed by atoms with Crippen LogP contribution in [0.1, 0.15) is 6.92 Å². The van der Waals surface area contributed by atoms with Gasteiger partial charge in [-0.05, 0) is 31.2 Å². The first kappa shape index (κ1) is 17.2. The van der Waals surface area contributed by atoms with Crippen molar-refractivity contribution < 1.29 is 14.1 Å². The van der Waals surface area contributed by atoms with Crippen LogP contribution in [-0.4, -0.2) is 21.1 Å². The Morgan fingerprint density at radius 2 is 2.16 bits per heavy atom. The number of fused-ring (bicyclic) bond motifs is 1. The molecule has 0 aliphatic rings. The molecule has 7 nitrogen and oxygen atoms in total. The van der Waals surface area contributed by atoms with Gasteiger partial charge in [-0.2, -0.15) is 0 Å². The molecule has 128 valence electrons. The molecule has 0 aliphatic heterocycles. The SMILES string of the molecule is CC(Sc1nc2cc(Cl)ccc2o1)C(=O)Nc1cccc([N+](=O)[O-])c1. The average molecular weight is 378 g/mol. The van der Waals surface area contributed by atoms with E-state index in [1.165, 1.54) is 18.2 Å². The summed E-state index contributed by atoms with van der Waals surface area (Å²) < 4.78 is 5.57. The molecule has 1 heterocycles. The van der Waals surface area contributed by atoms with Gasteiger partial charge in [0.15, 0.2) is 5.58 Å². The molecular weight excluding hydrogens is 366 g/mol. The topological polar surface area (TPSA) is 98.3 Å². The highest BCUT2D eigenvalue weighted by Crippen LogP contribution is 2.29. The molecule has 9 heteroatoms. The van der Waals surface area contributed by atoms with Crippen LogP contribution < -0.4 is 5.32 Å². The summed E-state index contributed by atoms with van der Waals surface area (Å²) in [5.41, 5.74) is 1.46. The number of benzene rings is 2. The van der Waals surface area contributed by atoms with Gasteiger partial charge in [0.25, 0.3) is 10.9 Å². The van der Waals surface area contributed by atoms with E-state index in [1.807, 2.05) is 0 Å². The van der Waals surface area contributed by atoms with Crippen molar-refractivity contribution in [3.63, 3.8) is 0 Å². The fourth-order valence-electron chi connectivity index (χ4n) is 2.08. The number of nitrogens with zero attached hydrogens (tertiary/aromatic N) is 2. The Kier molecular flexibility index (Phi) is 4.91. The molecule has 2 aromatic carbocycles. The monoisotopic (exact) mass is 377 g/mol. The van der Waals surface area contributed by atoms with E-state index in [4.69, 9.17) is 16.0 Å². The minimum absolute atomic E-state index is 0.0889. The maximum atomic E-state index is 12.3. The number of carbonyl (C=O) groups is 1. The third-order valence-electron chi connectivity index (χ3n) is 3.30. The van der Waals surface area contributed by atoms with Crippen LogP contribution in [-0.2, 0) is 4.79 Å². The number of thioether (sulfide) groups is 1. The summed E-state index contributed by atoms with van der Waals surface area (Å²) in [4.78, 5) is 26.8. The molecule has 0 fully saturated rings. The van der Waals surface area contributed by atoms with Crippen molar-refractivity contribution in [1.29, 1.82) is 0 Å². The molecule has 1 N–H and O–H groups in total. The third-order valence-corrected chi connectivity index (χ3v) is 4.48. The lowest BCUT2D eigenvalue weighted by Crippen LogP contribution is -2.22. The minimum atomic E-state index is -0.517. The number of nitro benzene ring substituents is 1. The third kappa shape index (κ3) is 4.09. The number of amides is 1. The van der Waals surface area contributed by atoms with Gasteiger partial charge < -0.3 is 9.73 Å². The van der Waals surface area contributed by atoms with Crippen LogP contribution in [0, 0.1) is 10.1 Å². The van der Waals surface area contributed by atoms with E-state index >= 15 is 0 Å². The summed E-state index contributed by atoms with van der Waals surface area (Å²) in [6, 6.07) is 10.8. The van der Waals surface area contributed by atoms with Gasteiger partial charge in [-0.1, -0.05) is 29.4 Å². The van der Waals surface area contributed by atoms with Crippen molar-refractivity contribution in [2.75, 3.05) is 5.32 Å². The van der Waals surface area contributed by atoms with Crippen molar-refractivity contribution in [2.45, 2.75) is 17.4 Å². The molecule has 0 saturated carbocycles. The van der Waals surface area contributed by atoms with Crippen LogP contribution >= 0.6 is 23.4 Å². The molecule has 3 rings (SSSR count). The summed E-state index contributed by atoms with van der Waals surface area (Å²) >= 11 is 7.06. The molecule has 0 spiro atoms. The number of aromatic nitrogens is 1. The van der Waals surface area contributed by atoms with E-state index in [0.717, 1.165) is 11.8 Å². The van der Waals surface area contributed by atoms with Crippen molar-refractivity contribution >= 4 is 51.7 Å². The van der Waals surface area contributed by atoms with Gasteiger partial charge in [0.1, 0.15) is 5.52 Å².